The van der Waals surface area contributed by atoms with Crippen LogP contribution in [-0.4, -0.2) is 4.98 Å². The molecule has 1 saturated carbocycles. The molecule has 1 aromatic rings. The average molecular weight is 250 g/mol. The molecule has 12 heavy (non-hydrogen) atoms. The van der Waals surface area contributed by atoms with Gasteiger partial charge in [0.15, 0.2) is 0 Å². The Labute approximate surface area is 86.1 Å². The minimum atomic E-state index is -0.0588. The molecule has 0 radical (unpaired) electrons. The first kappa shape index (κ1) is 9.96. The summed E-state index contributed by atoms with van der Waals surface area (Å²) < 4.78 is 1.01. The Bertz CT molecular complexity index is 286. The summed E-state index contributed by atoms with van der Waals surface area (Å²) >= 11 is 3.36. The van der Waals surface area contributed by atoms with E-state index in [-0.39, 0.29) is 17.9 Å². The van der Waals surface area contributed by atoms with E-state index in [1.807, 2.05) is 12.3 Å². The van der Waals surface area contributed by atoms with Crippen LogP contribution in [-0.2, 0) is 5.54 Å². The van der Waals surface area contributed by atoms with Crippen molar-refractivity contribution in [2.45, 2.75) is 18.4 Å². The highest BCUT2D eigenvalue weighted by molar-refractivity contribution is 9.10. The van der Waals surface area contributed by atoms with E-state index < -0.39 is 0 Å². The van der Waals surface area contributed by atoms with Crippen LogP contribution in [0.15, 0.2) is 22.9 Å². The van der Waals surface area contributed by atoms with Gasteiger partial charge in [-0.15, -0.1) is 12.4 Å². The minimum Gasteiger partial charge on any atom is -0.321 e. The Morgan fingerprint density at radius 1 is 1.42 bits per heavy atom. The lowest BCUT2D eigenvalue weighted by molar-refractivity contribution is 0.734. The van der Waals surface area contributed by atoms with Gasteiger partial charge in [0.1, 0.15) is 0 Å². The third kappa shape index (κ3) is 1.79. The summed E-state index contributed by atoms with van der Waals surface area (Å²) in [4.78, 5) is 4.06. The predicted octanol–water partition coefficient (Wildman–Crippen LogP) is 2.21. The van der Waals surface area contributed by atoms with Crippen LogP contribution in [0.1, 0.15) is 18.4 Å². The smallest absolute Gasteiger partial charge is 0.0427 e. The molecule has 2 rings (SSSR count). The lowest BCUT2D eigenvalue weighted by Crippen LogP contribution is -2.18. The van der Waals surface area contributed by atoms with Crippen molar-refractivity contribution in [3.63, 3.8) is 0 Å². The van der Waals surface area contributed by atoms with Crippen LogP contribution in [0.4, 0.5) is 0 Å². The van der Waals surface area contributed by atoms with E-state index in [2.05, 4.69) is 20.9 Å². The molecule has 0 aliphatic heterocycles. The van der Waals surface area contributed by atoms with E-state index in [1.165, 1.54) is 0 Å². The number of aromatic nitrogens is 1. The monoisotopic (exact) mass is 248 g/mol. The van der Waals surface area contributed by atoms with E-state index in [1.54, 1.807) is 6.20 Å². The molecule has 1 aromatic heterocycles. The molecule has 2 nitrogen and oxygen atoms in total. The van der Waals surface area contributed by atoms with Gasteiger partial charge in [0, 0.05) is 22.4 Å². The van der Waals surface area contributed by atoms with Crippen molar-refractivity contribution >= 4 is 28.3 Å². The number of rotatable bonds is 1. The second kappa shape index (κ2) is 3.32. The molecule has 1 heterocycles. The molecular weight excluding hydrogens is 239 g/mol. The summed E-state index contributed by atoms with van der Waals surface area (Å²) in [7, 11) is 0. The molecule has 66 valence electrons. The van der Waals surface area contributed by atoms with Gasteiger partial charge in [0.2, 0.25) is 0 Å². The fourth-order valence-corrected chi connectivity index (χ4v) is 1.47. The van der Waals surface area contributed by atoms with E-state index in [9.17, 15) is 0 Å². The van der Waals surface area contributed by atoms with Crippen molar-refractivity contribution in [3.05, 3.63) is 28.5 Å². The Balaban J connectivity index is 0.000000720. The van der Waals surface area contributed by atoms with E-state index >= 15 is 0 Å². The zero-order valence-corrected chi connectivity index (χ0v) is 8.86. The first-order valence-corrected chi connectivity index (χ1v) is 4.40. The molecule has 0 spiro atoms. The van der Waals surface area contributed by atoms with Crippen molar-refractivity contribution in [2.75, 3.05) is 0 Å². The summed E-state index contributed by atoms with van der Waals surface area (Å²) in [5.41, 5.74) is 7.06. The molecule has 0 atom stereocenters. The van der Waals surface area contributed by atoms with Gasteiger partial charge in [-0.2, -0.15) is 0 Å². The molecule has 1 aliphatic rings. The molecule has 0 unspecified atom stereocenters. The number of halogens is 2. The van der Waals surface area contributed by atoms with Gasteiger partial charge < -0.3 is 5.73 Å². The maximum Gasteiger partial charge on any atom is 0.0427 e. The van der Waals surface area contributed by atoms with Crippen LogP contribution in [0.3, 0.4) is 0 Å². The summed E-state index contributed by atoms with van der Waals surface area (Å²) in [6.07, 6.45) is 5.79. The quantitative estimate of drug-likeness (QED) is 0.829. The Hall–Kier alpha value is -0.120. The van der Waals surface area contributed by atoms with Crippen molar-refractivity contribution in [3.8, 4) is 0 Å². The van der Waals surface area contributed by atoms with Gasteiger partial charge >= 0.3 is 0 Å². The lowest BCUT2D eigenvalue weighted by atomic mass is 10.1. The third-order valence-corrected chi connectivity index (χ3v) is 2.50. The Morgan fingerprint density at radius 3 is 2.58 bits per heavy atom. The third-order valence-electron chi connectivity index (χ3n) is 2.07. The fourth-order valence-electron chi connectivity index (χ4n) is 1.11. The SMILES string of the molecule is Cl.NC1(c2cncc(Br)c2)CC1. The van der Waals surface area contributed by atoms with Crippen molar-refractivity contribution in [1.29, 1.82) is 0 Å². The molecule has 0 amide bonds. The molecule has 1 aliphatic carbocycles. The van der Waals surface area contributed by atoms with Crippen LogP contribution in [0, 0.1) is 0 Å². The highest BCUT2D eigenvalue weighted by Crippen LogP contribution is 2.42. The summed E-state index contributed by atoms with van der Waals surface area (Å²) in [5, 5.41) is 0. The molecule has 4 heteroatoms. The highest BCUT2D eigenvalue weighted by Gasteiger charge is 2.40. The summed E-state index contributed by atoms with van der Waals surface area (Å²) in [5.74, 6) is 0. The van der Waals surface area contributed by atoms with Gasteiger partial charge in [-0.3, -0.25) is 4.98 Å². The molecule has 0 aromatic carbocycles. The average Bonchev–Trinajstić information content (AvgIpc) is 2.70. The van der Waals surface area contributed by atoms with Crippen molar-refractivity contribution < 1.29 is 0 Å². The number of pyridine rings is 1. The van der Waals surface area contributed by atoms with Gasteiger partial charge in [0.25, 0.3) is 0 Å². The largest absolute Gasteiger partial charge is 0.321 e. The molecule has 2 N–H and O–H groups in total. The van der Waals surface area contributed by atoms with Gasteiger partial charge in [-0.1, -0.05) is 0 Å². The van der Waals surface area contributed by atoms with Crippen LogP contribution >= 0.6 is 28.3 Å². The number of nitrogens with two attached hydrogens (primary N) is 1. The minimum absolute atomic E-state index is 0. The lowest BCUT2D eigenvalue weighted by Gasteiger charge is -2.07. The zero-order chi connectivity index (χ0) is 7.90. The summed E-state index contributed by atoms with van der Waals surface area (Å²) in [6.45, 7) is 0. The molecule has 0 bridgehead atoms. The number of hydrogen-bond donors (Lipinski definition) is 1. The van der Waals surface area contributed by atoms with E-state index in [0.717, 1.165) is 22.9 Å². The van der Waals surface area contributed by atoms with Gasteiger partial charge in [0.05, 0.1) is 0 Å². The Morgan fingerprint density at radius 2 is 2.08 bits per heavy atom. The van der Waals surface area contributed by atoms with Gasteiger partial charge in [-0.25, -0.2) is 0 Å². The first-order valence-electron chi connectivity index (χ1n) is 3.61. The number of hydrogen-bond acceptors (Lipinski definition) is 2. The number of nitrogens with zero attached hydrogens (tertiary/aromatic N) is 1. The zero-order valence-electron chi connectivity index (χ0n) is 6.46. The molecular formula is C8H10BrClN2. The Kier molecular flexibility index (Phi) is 2.76. The van der Waals surface area contributed by atoms with Crippen LogP contribution in [0.25, 0.3) is 0 Å². The van der Waals surface area contributed by atoms with Crippen LogP contribution in [0.2, 0.25) is 0 Å². The fraction of sp³-hybridized carbons (Fsp3) is 0.375. The normalized spacial score (nSPS) is 18.2. The highest BCUT2D eigenvalue weighted by atomic mass is 79.9. The van der Waals surface area contributed by atoms with E-state index in [4.69, 9.17) is 5.73 Å². The second-order valence-corrected chi connectivity index (χ2v) is 3.96. The maximum absolute atomic E-state index is 5.98. The topological polar surface area (TPSA) is 38.9 Å². The maximum atomic E-state index is 5.98. The van der Waals surface area contributed by atoms with Crippen molar-refractivity contribution in [1.82, 2.24) is 4.98 Å². The van der Waals surface area contributed by atoms with E-state index in [0.29, 0.717) is 0 Å². The molecule has 1 fully saturated rings. The van der Waals surface area contributed by atoms with Crippen LogP contribution in [0.5, 0.6) is 0 Å². The second-order valence-electron chi connectivity index (χ2n) is 3.05. The van der Waals surface area contributed by atoms with Crippen LogP contribution < -0.4 is 5.73 Å². The molecule has 0 saturated heterocycles. The summed E-state index contributed by atoms with van der Waals surface area (Å²) in [6, 6.07) is 2.04. The standard InChI is InChI=1S/C8H9BrN2.ClH/c9-7-3-6(4-11-5-7)8(10)1-2-8;/h3-5H,1-2,10H2;1H. The predicted molar refractivity (Wildman–Crippen MR) is 54.3 cm³/mol. The first-order chi connectivity index (χ1) is 5.21. The van der Waals surface area contributed by atoms with Crippen molar-refractivity contribution in [2.24, 2.45) is 5.73 Å². The van der Waals surface area contributed by atoms with Gasteiger partial charge in [-0.05, 0) is 40.4 Å².